The number of benzene rings is 2. The average Bonchev–Trinajstić information content (AvgIpc) is 2.49. The molecular formula is C15H11N3O. The van der Waals surface area contributed by atoms with Gasteiger partial charge in [0, 0.05) is 11.1 Å². The van der Waals surface area contributed by atoms with Gasteiger partial charge in [-0.15, -0.1) is 0 Å². The van der Waals surface area contributed by atoms with Gasteiger partial charge in [0.1, 0.15) is 11.4 Å². The van der Waals surface area contributed by atoms with Gasteiger partial charge in [-0.2, -0.15) is 15.4 Å². The summed E-state index contributed by atoms with van der Waals surface area (Å²) >= 11 is 0. The summed E-state index contributed by atoms with van der Waals surface area (Å²) in [6, 6.07) is 18.7. The van der Waals surface area contributed by atoms with Gasteiger partial charge in [-0.1, -0.05) is 60.7 Å². The van der Waals surface area contributed by atoms with E-state index in [0.29, 0.717) is 11.4 Å². The van der Waals surface area contributed by atoms with E-state index in [1.807, 2.05) is 60.7 Å². The van der Waals surface area contributed by atoms with Gasteiger partial charge in [0.25, 0.3) is 0 Å². The van der Waals surface area contributed by atoms with Crippen LogP contribution in [0.3, 0.4) is 0 Å². The summed E-state index contributed by atoms with van der Waals surface area (Å²) in [6.45, 7) is 0. The van der Waals surface area contributed by atoms with Crippen molar-refractivity contribution < 1.29 is 0 Å². The predicted molar refractivity (Wildman–Crippen MR) is 73.5 cm³/mol. The molecule has 0 atom stereocenters. The monoisotopic (exact) mass is 249 g/mol. The van der Waals surface area contributed by atoms with Gasteiger partial charge >= 0.3 is 0 Å². The standard InChI is InChI=1S/C15H11N3O/c19-15-13(11-7-3-1-4-8-11)16-18-17-14(15)12-9-5-2-6-10-12/h1-10H,(H,18,19). The highest BCUT2D eigenvalue weighted by molar-refractivity contribution is 5.66. The maximum atomic E-state index is 12.4. The zero-order valence-electron chi connectivity index (χ0n) is 10.1. The lowest BCUT2D eigenvalue weighted by molar-refractivity contribution is 0.867. The highest BCUT2D eigenvalue weighted by Crippen LogP contribution is 2.15. The minimum Gasteiger partial charge on any atom is -0.285 e. The van der Waals surface area contributed by atoms with Crippen LogP contribution in [0.1, 0.15) is 0 Å². The van der Waals surface area contributed by atoms with Crippen LogP contribution in [0.25, 0.3) is 22.5 Å². The molecule has 0 saturated carbocycles. The molecule has 4 heteroatoms. The van der Waals surface area contributed by atoms with Crippen molar-refractivity contribution >= 4 is 0 Å². The fourth-order valence-corrected chi connectivity index (χ4v) is 1.92. The molecule has 19 heavy (non-hydrogen) atoms. The SMILES string of the molecule is O=c1c(-c2ccccc2)n[nH]nc1-c1ccccc1. The molecule has 0 saturated heterocycles. The van der Waals surface area contributed by atoms with Crippen molar-refractivity contribution in [1.29, 1.82) is 0 Å². The van der Waals surface area contributed by atoms with E-state index in [2.05, 4.69) is 15.4 Å². The molecule has 1 aromatic heterocycles. The van der Waals surface area contributed by atoms with Crippen LogP contribution < -0.4 is 5.43 Å². The molecule has 1 N–H and O–H groups in total. The lowest BCUT2D eigenvalue weighted by atomic mass is 10.1. The van der Waals surface area contributed by atoms with Gasteiger partial charge < -0.3 is 0 Å². The Morgan fingerprint density at radius 3 is 1.53 bits per heavy atom. The van der Waals surface area contributed by atoms with Gasteiger partial charge in [0.2, 0.25) is 5.43 Å². The summed E-state index contributed by atoms with van der Waals surface area (Å²) in [5.74, 6) is 0. The first-order chi connectivity index (χ1) is 9.36. The lowest BCUT2D eigenvalue weighted by Gasteiger charge is -2.02. The number of aromatic nitrogens is 3. The van der Waals surface area contributed by atoms with Gasteiger partial charge in [-0.25, -0.2) is 0 Å². The number of nitrogens with zero attached hydrogens (tertiary/aromatic N) is 2. The summed E-state index contributed by atoms with van der Waals surface area (Å²) in [5.41, 5.74) is 2.16. The Bertz CT molecular complexity index is 675. The van der Waals surface area contributed by atoms with Gasteiger partial charge in [0.15, 0.2) is 0 Å². The third kappa shape index (κ3) is 2.15. The van der Waals surface area contributed by atoms with Crippen LogP contribution in [-0.2, 0) is 0 Å². The number of hydrogen-bond acceptors (Lipinski definition) is 3. The summed E-state index contributed by atoms with van der Waals surface area (Å²) in [6.07, 6.45) is 0. The van der Waals surface area contributed by atoms with Gasteiger partial charge in [0.05, 0.1) is 0 Å². The van der Waals surface area contributed by atoms with E-state index in [1.54, 1.807) is 0 Å². The Hall–Kier alpha value is -2.75. The van der Waals surface area contributed by atoms with Crippen LogP contribution in [0.2, 0.25) is 0 Å². The number of hydrogen-bond donors (Lipinski definition) is 1. The molecule has 92 valence electrons. The van der Waals surface area contributed by atoms with Crippen molar-refractivity contribution in [1.82, 2.24) is 15.4 Å². The maximum Gasteiger partial charge on any atom is 0.234 e. The van der Waals surface area contributed by atoms with Crippen molar-refractivity contribution in [3.05, 3.63) is 70.9 Å². The normalized spacial score (nSPS) is 10.3. The molecule has 3 aromatic rings. The molecule has 0 aliphatic heterocycles. The van der Waals surface area contributed by atoms with E-state index in [-0.39, 0.29) is 5.43 Å². The van der Waals surface area contributed by atoms with Crippen LogP contribution in [0.15, 0.2) is 65.5 Å². The largest absolute Gasteiger partial charge is 0.285 e. The minimum atomic E-state index is -0.170. The van der Waals surface area contributed by atoms with Crippen LogP contribution >= 0.6 is 0 Å². The fraction of sp³-hybridized carbons (Fsp3) is 0. The Labute approximate surface area is 109 Å². The predicted octanol–water partition coefficient (Wildman–Crippen LogP) is 2.50. The van der Waals surface area contributed by atoms with Crippen molar-refractivity contribution in [3.8, 4) is 22.5 Å². The topological polar surface area (TPSA) is 58.6 Å². The smallest absolute Gasteiger partial charge is 0.234 e. The molecule has 0 bridgehead atoms. The first-order valence-corrected chi connectivity index (χ1v) is 5.92. The number of rotatable bonds is 2. The Balaban J connectivity index is 2.18. The Morgan fingerprint density at radius 2 is 1.11 bits per heavy atom. The van der Waals surface area contributed by atoms with E-state index >= 15 is 0 Å². The first kappa shape index (κ1) is 11.3. The van der Waals surface area contributed by atoms with Crippen LogP contribution in [-0.4, -0.2) is 15.4 Å². The highest BCUT2D eigenvalue weighted by atomic mass is 16.1. The third-order valence-electron chi connectivity index (χ3n) is 2.85. The Kier molecular flexibility index (Phi) is 2.90. The zero-order valence-corrected chi connectivity index (χ0v) is 10.1. The maximum absolute atomic E-state index is 12.4. The molecule has 1 heterocycles. The zero-order chi connectivity index (χ0) is 13.1. The molecule has 0 aliphatic carbocycles. The lowest BCUT2D eigenvalue weighted by Crippen LogP contribution is -2.14. The molecule has 4 nitrogen and oxygen atoms in total. The van der Waals surface area contributed by atoms with Crippen LogP contribution in [0.5, 0.6) is 0 Å². The van der Waals surface area contributed by atoms with Gasteiger partial charge in [-0.3, -0.25) is 4.79 Å². The highest BCUT2D eigenvalue weighted by Gasteiger charge is 2.11. The molecule has 0 radical (unpaired) electrons. The van der Waals surface area contributed by atoms with Crippen molar-refractivity contribution in [2.75, 3.05) is 0 Å². The first-order valence-electron chi connectivity index (χ1n) is 5.92. The fourth-order valence-electron chi connectivity index (χ4n) is 1.92. The second-order valence-electron chi connectivity index (χ2n) is 4.08. The number of aromatic amines is 1. The van der Waals surface area contributed by atoms with Crippen molar-refractivity contribution in [2.24, 2.45) is 0 Å². The summed E-state index contributed by atoms with van der Waals surface area (Å²) in [4.78, 5) is 12.4. The molecule has 0 unspecified atom stereocenters. The Morgan fingerprint density at radius 1 is 0.684 bits per heavy atom. The van der Waals surface area contributed by atoms with E-state index in [4.69, 9.17) is 0 Å². The molecule has 3 rings (SSSR count). The third-order valence-corrected chi connectivity index (χ3v) is 2.85. The van der Waals surface area contributed by atoms with Gasteiger partial charge in [-0.05, 0) is 0 Å². The van der Waals surface area contributed by atoms with E-state index in [1.165, 1.54) is 0 Å². The molecule has 2 aromatic carbocycles. The average molecular weight is 249 g/mol. The second kappa shape index (κ2) is 4.86. The van der Waals surface area contributed by atoms with E-state index in [0.717, 1.165) is 11.1 Å². The van der Waals surface area contributed by atoms with E-state index < -0.39 is 0 Å². The quantitative estimate of drug-likeness (QED) is 0.759. The van der Waals surface area contributed by atoms with Crippen LogP contribution in [0, 0.1) is 0 Å². The molecular weight excluding hydrogens is 238 g/mol. The molecule has 0 fully saturated rings. The minimum absolute atomic E-state index is 0.170. The summed E-state index contributed by atoms with van der Waals surface area (Å²) in [5, 5.41) is 10.5. The second-order valence-corrected chi connectivity index (χ2v) is 4.08. The van der Waals surface area contributed by atoms with Crippen molar-refractivity contribution in [3.63, 3.8) is 0 Å². The summed E-state index contributed by atoms with van der Waals surface area (Å²) < 4.78 is 0. The number of nitrogens with one attached hydrogen (secondary N) is 1. The van der Waals surface area contributed by atoms with E-state index in [9.17, 15) is 4.79 Å². The molecule has 0 amide bonds. The van der Waals surface area contributed by atoms with Crippen LogP contribution in [0.4, 0.5) is 0 Å². The number of H-pyrrole nitrogens is 1. The summed E-state index contributed by atoms with van der Waals surface area (Å²) in [7, 11) is 0. The molecule has 0 spiro atoms. The van der Waals surface area contributed by atoms with Crippen molar-refractivity contribution in [2.45, 2.75) is 0 Å². The molecule has 0 aliphatic rings.